The normalized spacial score (nSPS) is 16.6. The Bertz CT molecular complexity index is 355. The first-order valence-electron chi connectivity index (χ1n) is 5.83. The molecule has 0 unspecified atom stereocenters. The van der Waals surface area contributed by atoms with Crippen molar-refractivity contribution in [3.05, 3.63) is 18.0 Å². The van der Waals surface area contributed by atoms with Gasteiger partial charge in [-0.15, -0.1) is 0 Å². The lowest BCUT2D eigenvalue weighted by Gasteiger charge is -2.10. The van der Waals surface area contributed by atoms with Gasteiger partial charge >= 0.3 is 0 Å². The van der Waals surface area contributed by atoms with Crippen LogP contribution in [-0.4, -0.2) is 28.3 Å². The SMILES string of the molecule is NCCn1cc(C(=O)NC2CCCC2)cn1. The van der Waals surface area contributed by atoms with Crippen molar-refractivity contribution in [2.75, 3.05) is 6.54 Å². The summed E-state index contributed by atoms with van der Waals surface area (Å²) in [6.07, 6.45) is 7.98. The van der Waals surface area contributed by atoms with Gasteiger partial charge in [0.1, 0.15) is 0 Å². The van der Waals surface area contributed by atoms with Gasteiger partial charge < -0.3 is 11.1 Å². The van der Waals surface area contributed by atoms with Crippen molar-refractivity contribution < 1.29 is 4.79 Å². The van der Waals surface area contributed by atoms with Gasteiger partial charge in [-0.25, -0.2) is 0 Å². The Labute approximate surface area is 95.0 Å². The van der Waals surface area contributed by atoms with E-state index in [1.165, 1.54) is 12.8 Å². The van der Waals surface area contributed by atoms with E-state index in [-0.39, 0.29) is 5.91 Å². The van der Waals surface area contributed by atoms with E-state index in [2.05, 4.69) is 10.4 Å². The fourth-order valence-electron chi connectivity index (χ4n) is 2.07. The van der Waals surface area contributed by atoms with Crippen LogP contribution in [0.3, 0.4) is 0 Å². The lowest BCUT2D eigenvalue weighted by molar-refractivity contribution is 0.0938. The summed E-state index contributed by atoms with van der Waals surface area (Å²) in [5.41, 5.74) is 6.04. The largest absolute Gasteiger partial charge is 0.349 e. The summed E-state index contributed by atoms with van der Waals surface area (Å²) >= 11 is 0. The van der Waals surface area contributed by atoms with Crippen LogP contribution in [0.25, 0.3) is 0 Å². The molecule has 5 nitrogen and oxygen atoms in total. The number of aromatic nitrogens is 2. The maximum absolute atomic E-state index is 11.8. The first kappa shape index (κ1) is 11.1. The quantitative estimate of drug-likeness (QED) is 0.779. The zero-order chi connectivity index (χ0) is 11.4. The molecule has 1 fully saturated rings. The molecular weight excluding hydrogens is 204 g/mol. The molecule has 3 N–H and O–H groups in total. The number of hydrogen-bond donors (Lipinski definition) is 2. The smallest absolute Gasteiger partial charge is 0.254 e. The Morgan fingerprint density at radius 3 is 3.00 bits per heavy atom. The molecule has 1 aliphatic carbocycles. The van der Waals surface area contributed by atoms with Gasteiger partial charge in [0.2, 0.25) is 0 Å². The van der Waals surface area contributed by atoms with Crippen LogP contribution in [0, 0.1) is 0 Å². The Balaban J connectivity index is 1.91. The molecule has 16 heavy (non-hydrogen) atoms. The minimum Gasteiger partial charge on any atom is -0.349 e. The van der Waals surface area contributed by atoms with Crippen LogP contribution < -0.4 is 11.1 Å². The number of amides is 1. The Hall–Kier alpha value is -1.36. The van der Waals surface area contributed by atoms with Gasteiger partial charge in [-0.05, 0) is 12.8 Å². The summed E-state index contributed by atoms with van der Waals surface area (Å²) in [7, 11) is 0. The summed E-state index contributed by atoms with van der Waals surface area (Å²) in [6.45, 7) is 1.18. The van der Waals surface area contributed by atoms with E-state index in [9.17, 15) is 4.79 Å². The lowest BCUT2D eigenvalue weighted by Crippen LogP contribution is -2.32. The third kappa shape index (κ3) is 2.61. The monoisotopic (exact) mass is 222 g/mol. The summed E-state index contributed by atoms with van der Waals surface area (Å²) in [4.78, 5) is 11.8. The molecule has 0 radical (unpaired) electrons. The van der Waals surface area contributed by atoms with E-state index in [4.69, 9.17) is 5.73 Å². The van der Waals surface area contributed by atoms with Crippen molar-refractivity contribution in [2.24, 2.45) is 5.73 Å². The van der Waals surface area contributed by atoms with Crippen molar-refractivity contribution in [1.29, 1.82) is 0 Å². The average Bonchev–Trinajstić information content (AvgIpc) is 2.89. The second kappa shape index (κ2) is 5.12. The van der Waals surface area contributed by atoms with Crippen LogP contribution >= 0.6 is 0 Å². The van der Waals surface area contributed by atoms with E-state index >= 15 is 0 Å². The molecule has 0 bridgehead atoms. The molecule has 2 rings (SSSR count). The summed E-state index contributed by atoms with van der Waals surface area (Å²) in [5, 5.41) is 7.10. The minimum atomic E-state index is -0.0184. The van der Waals surface area contributed by atoms with Gasteiger partial charge in [0, 0.05) is 18.8 Å². The van der Waals surface area contributed by atoms with E-state index in [1.54, 1.807) is 17.1 Å². The van der Waals surface area contributed by atoms with Gasteiger partial charge in [-0.2, -0.15) is 5.10 Å². The zero-order valence-corrected chi connectivity index (χ0v) is 9.35. The Morgan fingerprint density at radius 1 is 1.56 bits per heavy atom. The molecule has 0 saturated heterocycles. The molecule has 1 aliphatic rings. The summed E-state index contributed by atoms with van der Waals surface area (Å²) in [6, 6.07) is 0.352. The van der Waals surface area contributed by atoms with Crippen molar-refractivity contribution in [3.63, 3.8) is 0 Å². The number of nitrogens with two attached hydrogens (primary N) is 1. The van der Waals surface area contributed by atoms with Crippen LogP contribution in [0.4, 0.5) is 0 Å². The average molecular weight is 222 g/mol. The van der Waals surface area contributed by atoms with Gasteiger partial charge in [-0.1, -0.05) is 12.8 Å². The van der Waals surface area contributed by atoms with Gasteiger partial charge in [-0.3, -0.25) is 9.48 Å². The zero-order valence-electron chi connectivity index (χ0n) is 9.35. The molecule has 5 heteroatoms. The molecule has 88 valence electrons. The molecule has 0 atom stereocenters. The van der Waals surface area contributed by atoms with Crippen molar-refractivity contribution in [2.45, 2.75) is 38.3 Å². The predicted octanol–water partition coefficient (Wildman–Crippen LogP) is 0.514. The summed E-state index contributed by atoms with van der Waals surface area (Å²) < 4.78 is 1.70. The highest BCUT2D eigenvalue weighted by molar-refractivity contribution is 5.93. The number of nitrogens with zero attached hydrogens (tertiary/aromatic N) is 2. The first-order chi connectivity index (χ1) is 7.79. The van der Waals surface area contributed by atoms with E-state index in [0.717, 1.165) is 12.8 Å². The highest BCUT2D eigenvalue weighted by Crippen LogP contribution is 2.17. The van der Waals surface area contributed by atoms with Crippen LogP contribution in [-0.2, 0) is 6.54 Å². The molecular formula is C11H18N4O. The Kier molecular flexibility index (Phi) is 3.56. The van der Waals surface area contributed by atoms with Crippen LogP contribution in [0.1, 0.15) is 36.0 Å². The fraction of sp³-hybridized carbons (Fsp3) is 0.636. The van der Waals surface area contributed by atoms with Gasteiger partial charge in [0.05, 0.1) is 18.3 Å². The molecule has 1 aromatic heterocycles. The second-order valence-electron chi connectivity index (χ2n) is 4.24. The molecule has 1 heterocycles. The highest BCUT2D eigenvalue weighted by Gasteiger charge is 2.18. The summed E-state index contributed by atoms with van der Waals surface area (Å²) in [5.74, 6) is -0.0184. The molecule has 0 aliphatic heterocycles. The molecule has 0 aromatic carbocycles. The lowest BCUT2D eigenvalue weighted by atomic mass is 10.2. The minimum absolute atomic E-state index is 0.0184. The third-order valence-electron chi connectivity index (χ3n) is 2.94. The second-order valence-corrected chi connectivity index (χ2v) is 4.24. The maximum Gasteiger partial charge on any atom is 0.254 e. The highest BCUT2D eigenvalue weighted by atomic mass is 16.1. The van der Waals surface area contributed by atoms with E-state index in [0.29, 0.717) is 24.7 Å². The van der Waals surface area contributed by atoms with Crippen LogP contribution in [0.5, 0.6) is 0 Å². The molecule has 1 saturated carbocycles. The Morgan fingerprint density at radius 2 is 2.31 bits per heavy atom. The molecule has 1 amide bonds. The molecule has 1 aromatic rings. The van der Waals surface area contributed by atoms with Gasteiger partial charge in [0.15, 0.2) is 0 Å². The van der Waals surface area contributed by atoms with E-state index < -0.39 is 0 Å². The number of carbonyl (C=O) groups is 1. The van der Waals surface area contributed by atoms with Gasteiger partial charge in [0.25, 0.3) is 5.91 Å². The standard InChI is InChI=1S/C11H18N4O/c12-5-6-15-8-9(7-13-15)11(16)14-10-3-1-2-4-10/h7-8,10H,1-6,12H2,(H,14,16). The first-order valence-corrected chi connectivity index (χ1v) is 5.83. The number of carbonyl (C=O) groups excluding carboxylic acids is 1. The topological polar surface area (TPSA) is 72.9 Å². The number of hydrogen-bond acceptors (Lipinski definition) is 3. The predicted molar refractivity (Wildman–Crippen MR) is 61.0 cm³/mol. The van der Waals surface area contributed by atoms with E-state index in [1.807, 2.05) is 0 Å². The third-order valence-corrected chi connectivity index (χ3v) is 2.94. The van der Waals surface area contributed by atoms with Crippen LogP contribution in [0.15, 0.2) is 12.4 Å². The maximum atomic E-state index is 11.8. The fourth-order valence-corrected chi connectivity index (χ4v) is 2.07. The van der Waals surface area contributed by atoms with Crippen LogP contribution in [0.2, 0.25) is 0 Å². The van der Waals surface area contributed by atoms with Crippen molar-refractivity contribution in [3.8, 4) is 0 Å². The number of rotatable bonds is 4. The molecule has 0 spiro atoms. The van der Waals surface area contributed by atoms with Crippen molar-refractivity contribution >= 4 is 5.91 Å². The number of nitrogens with one attached hydrogen (secondary N) is 1. The van der Waals surface area contributed by atoms with Crippen molar-refractivity contribution in [1.82, 2.24) is 15.1 Å².